The second-order valence-corrected chi connectivity index (χ2v) is 4.52. The summed E-state index contributed by atoms with van der Waals surface area (Å²) in [4.78, 5) is 14.3. The first kappa shape index (κ1) is 9.20. The summed E-state index contributed by atoms with van der Waals surface area (Å²) in [6, 6.07) is 0.267. The normalized spacial score (nSPS) is 31.3. The van der Waals surface area contributed by atoms with Crippen LogP contribution >= 0.6 is 0 Å². The van der Waals surface area contributed by atoms with E-state index in [2.05, 4.69) is 11.9 Å². The van der Waals surface area contributed by atoms with E-state index in [4.69, 9.17) is 0 Å². The molecule has 2 aliphatic rings. The minimum atomic E-state index is 0.267. The van der Waals surface area contributed by atoms with E-state index >= 15 is 0 Å². The topological polar surface area (TPSA) is 20.3 Å². The summed E-state index contributed by atoms with van der Waals surface area (Å²) in [5.41, 5.74) is 0. The Hall–Kier alpha value is -0.370. The summed E-state index contributed by atoms with van der Waals surface area (Å²) in [5.74, 6) is 0.947. The summed E-state index contributed by atoms with van der Waals surface area (Å²) < 4.78 is 0. The van der Waals surface area contributed by atoms with Crippen molar-refractivity contribution < 1.29 is 4.79 Å². The molecule has 13 heavy (non-hydrogen) atoms. The van der Waals surface area contributed by atoms with Gasteiger partial charge in [0.15, 0.2) is 5.78 Å². The summed E-state index contributed by atoms with van der Waals surface area (Å²) in [7, 11) is 2.09. The number of nitrogens with zero attached hydrogens (tertiary/aromatic N) is 1. The fourth-order valence-corrected chi connectivity index (χ4v) is 2.75. The number of hydrogen-bond acceptors (Lipinski definition) is 2. The van der Waals surface area contributed by atoms with Gasteiger partial charge in [0, 0.05) is 5.92 Å². The van der Waals surface area contributed by atoms with Gasteiger partial charge >= 0.3 is 0 Å². The second-order valence-electron chi connectivity index (χ2n) is 4.52. The van der Waals surface area contributed by atoms with Crippen molar-refractivity contribution in [2.45, 2.75) is 44.6 Å². The molecule has 0 aromatic heterocycles. The molecule has 1 unspecified atom stereocenters. The highest BCUT2D eigenvalue weighted by Crippen LogP contribution is 2.29. The number of Topliss-reactive ketones (excluding diaryl/α,β-unsaturated/α-hetero) is 1. The molecule has 1 heterocycles. The van der Waals surface area contributed by atoms with Crippen LogP contribution in [0.4, 0.5) is 0 Å². The van der Waals surface area contributed by atoms with Crippen molar-refractivity contribution in [1.29, 1.82) is 0 Å². The molecule has 1 saturated heterocycles. The number of carbonyl (C=O) groups is 1. The van der Waals surface area contributed by atoms with Crippen LogP contribution < -0.4 is 0 Å². The lowest BCUT2D eigenvalue weighted by molar-refractivity contribution is -0.126. The van der Waals surface area contributed by atoms with Gasteiger partial charge in [-0.05, 0) is 39.3 Å². The van der Waals surface area contributed by atoms with Gasteiger partial charge in [0.2, 0.25) is 0 Å². The average Bonchev–Trinajstić information content (AvgIpc) is 2.72. The van der Waals surface area contributed by atoms with Crippen LogP contribution in [0.25, 0.3) is 0 Å². The smallest absolute Gasteiger partial charge is 0.153 e. The molecular weight excluding hydrogens is 162 g/mol. The lowest BCUT2D eigenvalue weighted by Crippen LogP contribution is -2.36. The fourth-order valence-electron chi connectivity index (χ4n) is 2.75. The van der Waals surface area contributed by atoms with Crippen molar-refractivity contribution >= 4 is 5.78 Å². The van der Waals surface area contributed by atoms with Gasteiger partial charge in [-0.1, -0.05) is 12.8 Å². The molecule has 0 bridgehead atoms. The van der Waals surface area contributed by atoms with E-state index in [1.54, 1.807) is 0 Å². The molecule has 0 N–H and O–H groups in total. The first-order chi connectivity index (χ1) is 6.29. The van der Waals surface area contributed by atoms with Crippen LogP contribution in [0.3, 0.4) is 0 Å². The predicted octanol–water partition coefficient (Wildman–Crippen LogP) is 1.84. The number of ketones is 1. The van der Waals surface area contributed by atoms with Crippen LogP contribution in [-0.4, -0.2) is 30.3 Å². The molecule has 2 heteroatoms. The van der Waals surface area contributed by atoms with Crippen molar-refractivity contribution in [3.8, 4) is 0 Å². The van der Waals surface area contributed by atoms with Crippen molar-refractivity contribution in [2.75, 3.05) is 13.6 Å². The SMILES string of the molecule is CN1CCCC1C(=O)C1CCCC1. The predicted molar refractivity (Wildman–Crippen MR) is 52.6 cm³/mol. The highest BCUT2D eigenvalue weighted by atomic mass is 16.1. The van der Waals surface area contributed by atoms with Gasteiger partial charge in [0.25, 0.3) is 0 Å². The molecule has 0 aromatic rings. The number of likely N-dealkylation sites (tertiary alicyclic amines) is 1. The number of carbonyl (C=O) groups excluding carboxylic acids is 1. The molecule has 2 rings (SSSR count). The second kappa shape index (κ2) is 3.79. The molecule has 2 nitrogen and oxygen atoms in total. The molecule has 2 fully saturated rings. The van der Waals surface area contributed by atoms with Gasteiger partial charge in [-0.25, -0.2) is 0 Å². The van der Waals surface area contributed by atoms with Gasteiger partial charge in [-0.2, -0.15) is 0 Å². The third-order valence-electron chi connectivity index (χ3n) is 3.61. The zero-order valence-corrected chi connectivity index (χ0v) is 8.46. The van der Waals surface area contributed by atoms with E-state index in [1.165, 1.54) is 19.3 Å². The average molecular weight is 181 g/mol. The van der Waals surface area contributed by atoms with Gasteiger partial charge in [0.05, 0.1) is 6.04 Å². The lowest BCUT2D eigenvalue weighted by atomic mass is 9.95. The first-order valence-corrected chi connectivity index (χ1v) is 5.53. The number of likely N-dealkylation sites (N-methyl/N-ethyl adjacent to an activating group) is 1. The molecule has 1 saturated carbocycles. The van der Waals surface area contributed by atoms with Crippen LogP contribution in [0.5, 0.6) is 0 Å². The largest absolute Gasteiger partial charge is 0.298 e. The van der Waals surface area contributed by atoms with E-state index in [-0.39, 0.29) is 6.04 Å². The minimum absolute atomic E-state index is 0.267. The fraction of sp³-hybridized carbons (Fsp3) is 0.909. The van der Waals surface area contributed by atoms with Crippen molar-refractivity contribution in [1.82, 2.24) is 4.90 Å². The Morgan fingerprint density at radius 3 is 2.38 bits per heavy atom. The highest BCUT2D eigenvalue weighted by Gasteiger charge is 2.33. The van der Waals surface area contributed by atoms with Crippen molar-refractivity contribution in [3.05, 3.63) is 0 Å². The lowest BCUT2D eigenvalue weighted by Gasteiger charge is -2.21. The van der Waals surface area contributed by atoms with Gasteiger partial charge in [-0.15, -0.1) is 0 Å². The first-order valence-electron chi connectivity index (χ1n) is 5.53. The molecular formula is C11H19NO. The number of hydrogen-bond donors (Lipinski definition) is 0. The minimum Gasteiger partial charge on any atom is -0.298 e. The Balaban J connectivity index is 1.95. The van der Waals surface area contributed by atoms with E-state index in [9.17, 15) is 4.79 Å². The van der Waals surface area contributed by atoms with Gasteiger partial charge in [0.1, 0.15) is 0 Å². The summed E-state index contributed by atoms with van der Waals surface area (Å²) in [5, 5.41) is 0. The van der Waals surface area contributed by atoms with Gasteiger partial charge < -0.3 is 0 Å². The van der Waals surface area contributed by atoms with E-state index < -0.39 is 0 Å². The zero-order valence-electron chi connectivity index (χ0n) is 8.46. The molecule has 0 radical (unpaired) electrons. The molecule has 1 aliphatic carbocycles. The maximum atomic E-state index is 12.0. The van der Waals surface area contributed by atoms with Crippen LogP contribution in [0.1, 0.15) is 38.5 Å². The van der Waals surface area contributed by atoms with Crippen LogP contribution in [-0.2, 0) is 4.79 Å². The Morgan fingerprint density at radius 2 is 1.85 bits per heavy atom. The molecule has 1 aliphatic heterocycles. The van der Waals surface area contributed by atoms with Crippen molar-refractivity contribution in [2.24, 2.45) is 5.92 Å². The quantitative estimate of drug-likeness (QED) is 0.648. The monoisotopic (exact) mass is 181 g/mol. The maximum Gasteiger partial charge on any atom is 0.153 e. The molecule has 1 atom stereocenters. The highest BCUT2D eigenvalue weighted by molar-refractivity contribution is 5.86. The maximum absolute atomic E-state index is 12.0. The van der Waals surface area contributed by atoms with E-state index in [0.717, 1.165) is 25.8 Å². The van der Waals surface area contributed by atoms with Crippen LogP contribution in [0, 0.1) is 5.92 Å². The Labute approximate surface area is 80.3 Å². The summed E-state index contributed by atoms with van der Waals surface area (Å²) in [6.45, 7) is 1.11. The van der Waals surface area contributed by atoms with Crippen LogP contribution in [0.2, 0.25) is 0 Å². The molecule has 0 amide bonds. The standard InChI is InChI=1S/C11H19NO/c1-12-8-4-7-10(12)11(13)9-5-2-3-6-9/h9-10H,2-8H2,1H3. The molecule has 74 valence electrons. The van der Waals surface area contributed by atoms with Crippen molar-refractivity contribution in [3.63, 3.8) is 0 Å². The van der Waals surface area contributed by atoms with Gasteiger partial charge in [-0.3, -0.25) is 9.69 Å². The van der Waals surface area contributed by atoms with Crippen LogP contribution in [0.15, 0.2) is 0 Å². The summed E-state index contributed by atoms with van der Waals surface area (Å²) in [6.07, 6.45) is 7.16. The molecule has 0 spiro atoms. The van der Waals surface area contributed by atoms with E-state index in [0.29, 0.717) is 11.7 Å². The number of rotatable bonds is 2. The Morgan fingerprint density at radius 1 is 1.15 bits per heavy atom. The molecule has 0 aromatic carbocycles. The summed E-state index contributed by atoms with van der Waals surface area (Å²) >= 11 is 0. The third-order valence-corrected chi connectivity index (χ3v) is 3.61. The third kappa shape index (κ3) is 1.78. The Kier molecular flexibility index (Phi) is 2.68. The van der Waals surface area contributed by atoms with E-state index in [1.807, 2.05) is 0 Å². The zero-order chi connectivity index (χ0) is 9.26. The Bertz CT molecular complexity index is 196.